The Labute approximate surface area is 250 Å². The lowest BCUT2D eigenvalue weighted by Crippen LogP contribution is -2.34. The number of carboxylic acid groups (broad SMARTS) is 6. The third-order valence-electron chi connectivity index (χ3n) is 3.64. The van der Waals surface area contributed by atoms with E-state index in [9.17, 15) is 33.6 Å². The fraction of sp³-hybridized carbons (Fsp3) is 0.600. The van der Waals surface area contributed by atoms with Crippen molar-refractivity contribution in [3.63, 3.8) is 0 Å². The van der Waals surface area contributed by atoms with Crippen molar-refractivity contribution in [1.29, 1.82) is 0 Å². The molecule has 252 valence electrons. The second-order valence-corrected chi connectivity index (χ2v) is 8.17. The lowest BCUT2D eigenvalue weighted by atomic mass is 10.2. The number of carbonyl (C=O) groups excluding carboxylic acids is 1. The summed E-state index contributed by atoms with van der Waals surface area (Å²) in [6.07, 6.45) is 0.113. The molecule has 1 amide bonds. The highest BCUT2D eigenvalue weighted by Gasteiger charge is 2.15. The van der Waals surface area contributed by atoms with E-state index in [1.165, 1.54) is 6.92 Å². The molecule has 22 N–H and O–H groups in total. The highest BCUT2D eigenvalue weighted by molar-refractivity contribution is 7.80. The van der Waals surface area contributed by atoms with Crippen LogP contribution < -0.4 is 45.9 Å². The Morgan fingerprint density at radius 2 is 0.977 bits per heavy atom. The number of nitrogens with two attached hydrogens (primary N) is 8. The predicted octanol–water partition coefficient (Wildman–Crippen LogP) is -5.66. The quantitative estimate of drug-likeness (QED) is 0.0360. The van der Waals surface area contributed by atoms with Crippen LogP contribution in [0.25, 0.3) is 0 Å². The van der Waals surface area contributed by atoms with Crippen molar-refractivity contribution in [2.24, 2.45) is 50.9 Å². The van der Waals surface area contributed by atoms with Crippen LogP contribution in [0.5, 0.6) is 0 Å². The van der Waals surface area contributed by atoms with Gasteiger partial charge in [-0.3, -0.25) is 38.6 Å². The Bertz CT molecular complexity index is 872. The van der Waals surface area contributed by atoms with Crippen LogP contribution in [-0.4, -0.2) is 121 Å². The van der Waals surface area contributed by atoms with E-state index >= 15 is 0 Å². The maximum absolute atomic E-state index is 10.2. The van der Waals surface area contributed by atoms with E-state index in [-0.39, 0.29) is 18.1 Å². The molecule has 0 fully saturated rings. The number of aliphatic carboxylic acids is 6. The van der Waals surface area contributed by atoms with Gasteiger partial charge in [0.2, 0.25) is 5.91 Å². The van der Waals surface area contributed by atoms with Crippen molar-refractivity contribution in [3.8, 4) is 0 Å². The zero-order chi connectivity index (χ0) is 35.5. The lowest BCUT2D eigenvalue weighted by Gasteiger charge is -2.03. The number of amides is 1. The Balaban J connectivity index is -0.000000143. The molecule has 0 bridgehead atoms. The molecule has 0 rings (SSSR count). The molecule has 0 aromatic heterocycles. The van der Waals surface area contributed by atoms with Crippen LogP contribution in [0.1, 0.15) is 32.6 Å². The SMILES string of the molecule is C[C@H](N)C(=O)O.NC(=O)C[C@H](N)C(=O)O.NC(N)=NCCC[C@H](N)C(=O)O.N[C@@H](CC(=O)O)C(=O)O.N[C@@H](CS)C(=O)O. The Kier molecular flexibility index (Phi) is 32.9. The molecule has 0 aromatic rings. The summed E-state index contributed by atoms with van der Waals surface area (Å²) in [5.41, 5.74) is 39.5. The number of nitrogens with zero attached hydrogens (tertiary/aromatic N) is 1. The number of carboxylic acids is 6. The monoisotopic (exact) mass is 649 g/mol. The summed E-state index contributed by atoms with van der Waals surface area (Å²) < 4.78 is 0. The molecular formula is C20H43N9O13S. The normalized spacial score (nSPS) is 12.7. The van der Waals surface area contributed by atoms with Crippen molar-refractivity contribution in [3.05, 3.63) is 0 Å². The molecule has 43 heavy (non-hydrogen) atoms. The van der Waals surface area contributed by atoms with Crippen LogP contribution in [0.15, 0.2) is 4.99 Å². The van der Waals surface area contributed by atoms with Crippen LogP contribution in [0, 0.1) is 0 Å². The summed E-state index contributed by atoms with van der Waals surface area (Å²) in [7, 11) is 0. The molecule has 23 heteroatoms. The van der Waals surface area contributed by atoms with E-state index < -0.39 is 78.4 Å². The molecular weight excluding hydrogens is 606 g/mol. The molecule has 0 heterocycles. The van der Waals surface area contributed by atoms with Gasteiger partial charge in [0.1, 0.15) is 30.2 Å². The summed E-state index contributed by atoms with van der Waals surface area (Å²) in [6.45, 7) is 1.84. The van der Waals surface area contributed by atoms with E-state index in [0.717, 1.165) is 0 Å². The number of hydrogen-bond donors (Lipinski definition) is 15. The van der Waals surface area contributed by atoms with Gasteiger partial charge in [-0.05, 0) is 19.8 Å². The molecule has 0 aromatic carbocycles. The number of guanidine groups is 1. The molecule has 0 unspecified atom stereocenters. The fourth-order valence-corrected chi connectivity index (χ4v) is 1.46. The van der Waals surface area contributed by atoms with E-state index in [1.54, 1.807) is 0 Å². The highest BCUT2D eigenvalue weighted by Crippen LogP contribution is 1.94. The van der Waals surface area contributed by atoms with Crippen molar-refractivity contribution >= 4 is 60.3 Å². The third kappa shape index (κ3) is 44.9. The van der Waals surface area contributed by atoms with Gasteiger partial charge >= 0.3 is 35.8 Å². The Morgan fingerprint density at radius 3 is 1.14 bits per heavy atom. The van der Waals surface area contributed by atoms with Gasteiger partial charge in [0, 0.05) is 12.3 Å². The van der Waals surface area contributed by atoms with Crippen molar-refractivity contribution in [1.82, 2.24) is 0 Å². The van der Waals surface area contributed by atoms with E-state index in [0.29, 0.717) is 19.4 Å². The van der Waals surface area contributed by atoms with E-state index in [1.807, 2.05) is 0 Å². The fourth-order valence-electron chi connectivity index (χ4n) is 1.30. The molecule has 0 saturated heterocycles. The summed E-state index contributed by atoms with van der Waals surface area (Å²) in [4.78, 5) is 72.7. The number of thiol groups is 1. The minimum Gasteiger partial charge on any atom is -0.481 e. The highest BCUT2D eigenvalue weighted by atomic mass is 32.1. The van der Waals surface area contributed by atoms with Gasteiger partial charge in [-0.2, -0.15) is 12.6 Å². The molecule has 0 saturated carbocycles. The summed E-state index contributed by atoms with van der Waals surface area (Å²) in [5.74, 6) is -7.18. The standard InChI is InChI=1S/C6H14N4O2.C4H8N2O3.C4H7NO4.C3H7NO2S.C3H7NO2/c7-4(5(11)12)2-1-3-10-6(8)9;2*5-2(4(8)9)1-3(6)7;4-2(1-7)3(5)6;1-2(4)3(5)6/h4H,1-3,7H2,(H,11,12)(H4,8,9,10);2H,1,5H2,(H2,6,7)(H,8,9);2H,1,5H2,(H,6,7)(H,8,9);2,7H,1,4H2,(H,5,6);2H,4H2,1H3,(H,5,6)/t4-;4*2-/m00000/s1. The smallest absolute Gasteiger partial charge is 0.321 e. The zero-order valence-electron chi connectivity index (χ0n) is 23.2. The molecule has 0 aliphatic heterocycles. The molecule has 0 spiro atoms. The molecule has 0 aliphatic carbocycles. The van der Waals surface area contributed by atoms with Gasteiger partial charge in [0.05, 0.1) is 12.8 Å². The first-order valence-corrected chi connectivity index (χ1v) is 12.2. The van der Waals surface area contributed by atoms with Crippen LogP contribution in [0.3, 0.4) is 0 Å². The van der Waals surface area contributed by atoms with E-state index in [4.69, 9.17) is 70.8 Å². The Morgan fingerprint density at radius 1 is 0.628 bits per heavy atom. The number of carbonyl (C=O) groups is 7. The van der Waals surface area contributed by atoms with Crippen molar-refractivity contribution < 1.29 is 64.2 Å². The maximum atomic E-state index is 10.2. The van der Waals surface area contributed by atoms with Crippen molar-refractivity contribution in [2.45, 2.75) is 62.8 Å². The van der Waals surface area contributed by atoms with Crippen molar-refractivity contribution in [2.75, 3.05) is 12.3 Å². The zero-order valence-corrected chi connectivity index (χ0v) is 24.1. The van der Waals surface area contributed by atoms with Gasteiger partial charge in [-0.1, -0.05) is 0 Å². The number of aliphatic imine (C=N–C) groups is 1. The van der Waals surface area contributed by atoms with Crippen LogP contribution in [0.2, 0.25) is 0 Å². The van der Waals surface area contributed by atoms with Gasteiger partial charge in [-0.15, -0.1) is 0 Å². The lowest BCUT2D eigenvalue weighted by molar-refractivity contribution is -0.144. The van der Waals surface area contributed by atoms with E-state index in [2.05, 4.69) is 23.4 Å². The minimum atomic E-state index is -1.29. The van der Waals surface area contributed by atoms with Gasteiger partial charge in [0.15, 0.2) is 5.96 Å². The average molecular weight is 650 g/mol. The van der Waals surface area contributed by atoms with Crippen LogP contribution in [-0.2, 0) is 33.6 Å². The first kappa shape index (κ1) is 48.4. The summed E-state index contributed by atoms with van der Waals surface area (Å²) in [5, 5.41) is 48.4. The first-order chi connectivity index (χ1) is 19.4. The van der Waals surface area contributed by atoms with Gasteiger partial charge < -0.3 is 76.5 Å². The summed E-state index contributed by atoms with van der Waals surface area (Å²) in [6, 6.07) is -4.82. The number of rotatable bonds is 14. The van der Waals surface area contributed by atoms with Crippen LogP contribution >= 0.6 is 12.6 Å². The second-order valence-electron chi connectivity index (χ2n) is 7.81. The predicted molar refractivity (Wildman–Crippen MR) is 154 cm³/mol. The third-order valence-corrected chi connectivity index (χ3v) is 4.03. The largest absolute Gasteiger partial charge is 0.481 e. The molecule has 5 atom stereocenters. The molecule has 22 nitrogen and oxygen atoms in total. The molecule has 0 aliphatic rings. The second kappa shape index (κ2) is 29.2. The van der Waals surface area contributed by atoms with Crippen LogP contribution in [0.4, 0.5) is 0 Å². The Hall–Kier alpha value is -4.29. The first-order valence-electron chi connectivity index (χ1n) is 11.5. The summed E-state index contributed by atoms with van der Waals surface area (Å²) >= 11 is 3.65. The minimum absolute atomic E-state index is 0.0129. The number of primary amides is 1. The van der Waals surface area contributed by atoms with Gasteiger partial charge in [-0.25, -0.2) is 0 Å². The number of hydrogen-bond acceptors (Lipinski definition) is 14. The average Bonchev–Trinajstić information content (AvgIpc) is 2.86. The maximum Gasteiger partial charge on any atom is 0.321 e. The van der Waals surface area contributed by atoms with Gasteiger partial charge in [0.25, 0.3) is 0 Å². The topological polar surface area (TPSA) is 461 Å². The molecule has 0 radical (unpaired) electrons.